The van der Waals surface area contributed by atoms with E-state index in [0.29, 0.717) is 39.7 Å². The van der Waals surface area contributed by atoms with Crippen LogP contribution in [-0.2, 0) is 11.8 Å². The smallest absolute Gasteiger partial charge is 0.261 e. The SMILES string of the molecule is Cn1c(SCC(=O)N2N=C(c3cc4ccccc4o3)CC2c2ccco2)nc2ccccc2c1=O. The Morgan fingerprint density at radius 3 is 2.77 bits per heavy atom. The lowest BCUT2D eigenvalue weighted by atomic mass is 10.1. The predicted octanol–water partition coefficient (Wildman–Crippen LogP) is 4.74. The number of carbonyl (C=O) groups is 1. The lowest BCUT2D eigenvalue weighted by Gasteiger charge is -2.19. The summed E-state index contributed by atoms with van der Waals surface area (Å²) in [5.41, 5.74) is 1.90. The molecular formula is C26H20N4O4S. The predicted molar refractivity (Wildman–Crippen MR) is 133 cm³/mol. The minimum Gasteiger partial charge on any atom is -0.467 e. The maximum Gasteiger partial charge on any atom is 0.261 e. The van der Waals surface area contributed by atoms with Crippen molar-refractivity contribution >= 4 is 45.3 Å². The largest absolute Gasteiger partial charge is 0.467 e. The van der Waals surface area contributed by atoms with Gasteiger partial charge in [-0.1, -0.05) is 42.1 Å². The van der Waals surface area contributed by atoms with Gasteiger partial charge in [-0.15, -0.1) is 0 Å². The summed E-state index contributed by atoms with van der Waals surface area (Å²) in [6.45, 7) is 0. The van der Waals surface area contributed by atoms with Crippen LogP contribution in [-0.4, -0.2) is 31.9 Å². The summed E-state index contributed by atoms with van der Waals surface area (Å²) in [6, 6.07) is 20.1. The van der Waals surface area contributed by atoms with Crippen LogP contribution < -0.4 is 5.56 Å². The van der Waals surface area contributed by atoms with Gasteiger partial charge < -0.3 is 8.83 Å². The summed E-state index contributed by atoms with van der Waals surface area (Å²) in [5, 5.41) is 8.08. The third-order valence-electron chi connectivity index (χ3n) is 6.01. The highest BCUT2D eigenvalue weighted by Crippen LogP contribution is 2.35. The van der Waals surface area contributed by atoms with E-state index in [0.717, 1.165) is 11.0 Å². The Morgan fingerprint density at radius 2 is 1.94 bits per heavy atom. The van der Waals surface area contributed by atoms with Crippen molar-refractivity contribution in [3.05, 3.63) is 94.9 Å². The van der Waals surface area contributed by atoms with Crippen LogP contribution in [0, 0.1) is 0 Å². The van der Waals surface area contributed by atoms with Gasteiger partial charge in [-0.2, -0.15) is 5.10 Å². The van der Waals surface area contributed by atoms with Gasteiger partial charge in [0, 0.05) is 18.9 Å². The number of furan rings is 2. The van der Waals surface area contributed by atoms with Crippen molar-refractivity contribution in [3.63, 3.8) is 0 Å². The molecule has 4 heterocycles. The minimum absolute atomic E-state index is 0.0622. The molecule has 0 fully saturated rings. The first-order valence-electron chi connectivity index (χ1n) is 11.1. The number of hydrogen-bond donors (Lipinski definition) is 0. The fourth-order valence-electron chi connectivity index (χ4n) is 4.23. The molecule has 0 aliphatic carbocycles. The Balaban J connectivity index is 1.29. The molecule has 0 radical (unpaired) electrons. The van der Waals surface area contributed by atoms with Crippen LogP contribution in [0.1, 0.15) is 24.0 Å². The third kappa shape index (κ3) is 3.83. The fourth-order valence-corrected chi connectivity index (χ4v) is 5.06. The molecule has 1 unspecified atom stereocenters. The Hall–Kier alpha value is -4.11. The zero-order valence-corrected chi connectivity index (χ0v) is 19.6. The average Bonchev–Trinajstić information content (AvgIpc) is 3.64. The van der Waals surface area contributed by atoms with Crippen molar-refractivity contribution in [2.45, 2.75) is 17.6 Å². The number of para-hydroxylation sites is 2. The van der Waals surface area contributed by atoms with Gasteiger partial charge in [-0.3, -0.25) is 14.2 Å². The van der Waals surface area contributed by atoms with Gasteiger partial charge in [-0.05, 0) is 36.4 Å². The zero-order chi connectivity index (χ0) is 23.9. The second-order valence-electron chi connectivity index (χ2n) is 8.23. The van der Waals surface area contributed by atoms with Crippen LogP contribution >= 0.6 is 11.8 Å². The molecule has 0 saturated heterocycles. The van der Waals surface area contributed by atoms with Gasteiger partial charge in [0.1, 0.15) is 23.1 Å². The van der Waals surface area contributed by atoms with Gasteiger partial charge in [0.05, 0.1) is 22.9 Å². The molecule has 0 spiro atoms. The number of aromatic nitrogens is 2. The first-order chi connectivity index (χ1) is 17.1. The highest BCUT2D eigenvalue weighted by atomic mass is 32.2. The van der Waals surface area contributed by atoms with Gasteiger partial charge in [0.2, 0.25) is 0 Å². The average molecular weight is 485 g/mol. The number of thioether (sulfide) groups is 1. The number of nitrogens with zero attached hydrogens (tertiary/aromatic N) is 4. The number of carbonyl (C=O) groups excluding carboxylic acids is 1. The molecule has 1 amide bonds. The molecule has 2 aromatic carbocycles. The molecule has 1 atom stereocenters. The molecular weight excluding hydrogens is 464 g/mol. The molecule has 174 valence electrons. The molecule has 5 aromatic rings. The van der Waals surface area contributed by atoms with E-state index >= 15 is 0 Å². The van der Waals surface area contributed by atoms with Crippen molar-refractivity contribution in [1.29, 1.82) is 0 Å². The number of hydrogen-bond acceptors (Lipinski definition) is 7. The standard InChI is InChI=1S/C26H20N4O4S/c1-29-25(32)17-8-3-4-9-18(17)27-26(29)35-15-24(31)30-20(22-11-6-12-33-22)14-19(28-30)23-13-16-7-2-5-10-21(16)34-23/h2-13,20H,14-15H2,1H3. The van der Waals surface area contributed by atoms with Crippen molar-refractivity contribution in [2.75, 3.05) is 5.75 Å². The van der Waals surface area contributed by atoms with E-state index in [1.54, 1.807) is 31.5 Å². The summed E-state index contributed by atoms with van der Waals surface area (Å²) in [7, 11) is 1.66. The first kappa shape index (κ1) is 21.4. The van der Waals surface area contributed by atoms with E-state index < -0.39 is 0 Å². The maximum atomic E-state index is 13.3. The van der Waals surface area contributed by atoms with Crippen LogP contribution in [0.3, 0.4) is 0 Å². The van der Waals surface area contributed by atoms with Gasteiger partial charge in [-0.25, -0.2) is 9.99 Å². The summed E-state index contributed by atoms with van der Waals surface area (Å²) in [4.78, 5) is 30.6. The van der Waals surface area contributed by atoms with Crippen LogP contribution in [0.2, 0.25) is 0 Å². The Labute approximate surface area is 203 Å². The number of hydrazone groups is 1. The van der Waals surface area contributed by atoms with E-state index in [4.69, 9.17) is 8.83 Å². The summed E-state index contributed by atoms with van der Waals surface area (Å²) in [6.07, 6.45) is 2.05. The van der Waals surface area contributed by atoms with Crippen LogP contribution in [0.4, 0.5) is 0 Å². The summed E-state index contributed by atoms with van der Waals surface area (Å²) < 4.78 is 13.1. The number of rotatable bonds is 5. The van der Waals surface area contributed by atoms with Gasteiger partial charge >= 0.3 is 0 Å². The van der Waals surface area contributed by atoms with Crippen LogP contribution in [0.15, 0.2) is 96.9 Å². The van der Waals surface area contributed by atoms with Crippen molar-refractivity contribution in [3.8, 4) is 0 Å². The topological polar surface area (TPSA) is 93.8 Å². The fraction of sp³-hybridized carbons (Fsp3) is 0.154. The van der Waals surface area contributed by atoms with Crippen molar-refractivity contribution in [1.82, 2.24) is 14.6 Å². The Kier molecular flexibility index (Phi) is 5.26. The molecule has 1 aliphatic heterocycles. The molecule has 0 N–H and O–H groups in total. The second-order valence-corrected chi connectivity index (χ2v) is 9.18. The normalized spacial score (nSPS) is 15.7. The molecule has 0 bridgehead atoms. The minimum atomic E-state index is -0.380. The molecule has 3 aromatic heterocycles. The van der Waals surface area contributed by atoms with Crippen molar-refractivity contribution in [2.24, 2.45) is 12.1 Å². The Morgan fingerprint density at radius 1 is 1.11 bits per heavy atom. The van der Waals surface area contributed by atoms with Crippen LogP contribution in [0.25, 0.3) is 21.9 Å². The monoisotopic (exact) mass is 484 g/mol. The van der Waals surface area contributed by atoms with E-state index in [1.165, 1.54) is 21.3 Å². The Bertz CT molecular complexity index is 1620. The summed E-state index contributed by atoms with van der Waals surface area (Å²) >= 11 is 1.21. The molecule has 6 rings (SSSR count). The zero-order valence-electron chi connectivity index (χ0n) is 18.7. The molecule has 9 heteroatoms. The van der Waals surface area contributed by atoms with E-state index in [1.807, 2.05) is 48.5 Å². The number of benzene rings is 2. The third-order valence-corrected chi connectivity index (χ3v) is 7.03. The van der Waals surface area contributed by atoms with E-state index in [2.05, 4.69) is 10.1 Å². The first-order valence-corrected chi connectivity index (χ1v) is 12.1. The molecule has 1 aliphatic rings. The molecule has 0 saturated carbocycles. The van der Waals surface area contributed by atoms with E-state index in [9.17, 15) is 9.59 Å². The molecule has 35 heavy (non-hydrogen) atoms. The van der Waals surface area contributed by atoms with Gasteiger partial charge in [0.25, 0.3) is 11.5 Å². The van der Waals surface area contributed by atoms with Crippen molar-refractivity contribution < 1.29 is 13.6 Å². The van der Waals surface area contributed by atoms with Crippen LogP contribution in [0.5, 0.6) is 0 Å². The highest BCUT2D eigenvalue weighted by Gasteiger charge is 2.36. The molecule has 8 nitrogen and oxygen atoms in total. The maximum absolute atomic E-state index is 13.3. The summed E-state index contributed by atoms with van der Waals surface area (Å²) in [5.74, 6) is 1.12. The number of amides is 1. The lowest BCUT2D eigenvalue weighted by Crippen LogP contribution is -2.29. The van der Waals surface area contributed by atoms with Gasteiger partial charge in [0.15, 0.2) is 10.9 Å². The quantitative estimate of drug-likeness (QED) is 0.264. The number of fused-ring (bicyclic) bond motifs is 2. The second kappa shape index (κ2) is 8.59. The highest BCUT2D eigenvalue weighted by molar-refractivity contribution is 7.99. The van der Waals surface area contributed by atoms with E-state index in [-0.39, 0.29) is 23.3 Å². The lowest BCUT2D eigenvalue weighted by molar-refractivity contribution is -0.130.